The molecule has 1 saturated heterocycles. The molecule has 3 amide bonds. The number of benzene rings is 1. The SMILES string of the molecule is C=CC(=O)N1CCCC(n2nc(C(=O)Nc3ccc(CC(=O)N(C)C)cc3-c3ccoc3)c3c(N)ncnc32)C1. The van der Waals surface area contributed by atoms with Crippen molar-refractivity contribution in [3.8, 4) is 11.1 Å². The van der Waals surface area contributed by atoms with E-state index in [4.69, 9.17) is 10.2 Å². The van der Waals surface area contributed by atoms with Crippen LogP contribution in [-0.2, 0) is 16.0 Å². The molecule has 0 radical (unpaired) electrons. The Morgan fingerprint density at radius 2 is 2.08 bits per heavy atom. The first-order chi connectivity index (χ1) is 19.3. The number of anilines is 2. The van der Waals surface area contributed by atoms with Gasteiger partial charge < -0.3 is 25.3 Å². The third-order valence-electron chi connectivity index (χ3n) is 6.98. The van der Waals surface area contributed by atoms with Gasteiger partial charge in [-0.05, 0) is 42.7 Å². The van der Waals surface area contributed by atoms with E-state index in [-0.39, 0.29) is 35.8 Å². The lowest BCUT2D eigenvalue weighted by Gasteiger charge is -2.32. The number of nitrogens with one attached hydrogen (secondary N) is 1. The third-order valence-corrected chi connectivity index (χ3v) is 6.98. The van der Waals surface area contributed by atoms with Gasteiger partial charge in [0.1, 0.15) is 12.1 Å². The van der Waals surface area contributed by atoms with Crippen molar-refractivity contribution in [3.05, 3.63) is 67.0 Å². The molecule has 4 heterocycles. The van der Waals surface area contributed by atoms with E-state index in [1.54, 1.807) is 48.1 Å². The number of piperidine rings is 1. The van der Waals surface area contributed by atoms with Crippen LogP contribution < -0.4 is 11.1 Å². The van der Waals surface area contributed by atoms with Gasteiger partial charge in [0.2, 0.25) is 11.8 Å². The van der Waals surface area contributed by atoms with Gasteiger partial charge in [-0.15, -0.1) is 0 Å². The topological polar surface area (TPSA) is 152 Å². The molecule has 40 heavy (non-hydrogen) atoms. The minimum atomic E-state index is -0.498. The van der Waals surface area contributed by atoms with Crippen LogP contribution in [0.5, 0.6) is 0 Å². The van der Waals surface area contributed by atoms with E-state index in [0.29, 0.717) is 35.4 Å². The highest BCUT2D eigenvalue weighted by Crippen LogP contribution is 2.32. The molecular formula is C28H30N8O4. The van der Waals surface area contributed by atoms with E-state index in [0.717, 1.165) is 24.0 Å². The number of aromatic nitrogens is 4. The van der Waals surface area contributed by atoms with Crippen molar-refractivity contribution >= 4 is 40.3 Å². The maximum absolute atomic E-state index is 13.7. The summed E-state index contributed by atoms with van der Waals surface area (Å²) >= 11 is 0. The standard InChI is InChI=1S/C28H30N8O4/c1-4-22(37)35-10-5-6-19(14-35)36-27-24(26(29)30-16-31-27)25(33-36)28(39)32-21-8-7-17(13-23(38)34(2)3)12-20(21)18-9-11-40-15-18/h4,7-9,11-12,15-16,19H,1,5-6,10,13-14H2,2-3H3,(H,32,39)(H2,29,30,31). The van der Waals surface area contributed by atoms with Gasteiger partial charge in [-0.2, -0.15) is 5.10 Å². The van der Waals surface area contributed by atoms with Crippen molar-refractivity contribution in [2.24, 2.45) is 0 Å². The molecule has 12 nitrogen and oxygen atoms in total. The smallest absolute Gasteiger partial charge is 0.277 e. The van der Waals surface area contributed by atoms with E-state index in [1.165, 1.54) is 23.6 Å². The summed E-state index contributed by atoms with van der Waals surface area (Å²) in [5, 5.41) is 7.94. The number of carbonyl (C=O) groups excluding carboxylic acids is 3. The summed E-state index contributed by atoms with van der Waals surface area (Å²) in [6.07, 6.45) is 7.46. The number of fused-ring (bicyclic) bond motifs is 1. The minimum absolute atomic E-state index is 0.0431. The summed E-state index contributed by atoms with van der Waals surface area (Å²) in [7, 11) is 3.41. The Labute approximate surface area is 230 Å². The molecule has 1 atom stereocenters. The monoisotopic (exact) mass is 542 g/mol. The van der Waals surface area contributed by atoms with Crippen molar-refractivity contribution in [3.63, 3.8) is 0 Å². The molecule has 0 aliphatic carbocycles. The Balaban J connectivity index is 1.50. The molecule has 3 aromatic heterocycles. The number of carbonyl (C=O) groups is 3. The lowest BCUT2D eigenvalue weighted by molar-refractivity contribution is -0.128. The van der Waals surface area contributed by atoms with E-state index < -0.39 is 5.91 Å². The number of amides is 3. The number of furan rings is 1. The van der Waals surface area contributed by atoms with E-state index >= 15 is 0 Å². The van der Waals surface area contributed by atoms with Crippen LogP contribution in [0.1, 0.15) is 34.9 Å². The van der Waals surface area contributed by atoms with Gasteiger partial charge >= 0.3 is 0 Å². The average Bonchev–Trinajstić information content (AvgIpc) is 3.63. The van der Waals surface area contributed by atoms with Crippen LogP contribution in [0.25, 0.3) is 22.2 Å². The first-order valence-corrected chi connectivity index (χ1v) is 12.8. The molecule has 206 valence electrons. The lowest BCUT2D eigenvalue weighted by Crippen LogP contribution is -2.40. The molecule has 1 aliphatic heterocycles. The second kappa shape index (κ2) is 11.0. The van der Waals surface area contributed by atoms with Gasteiger partial charge in [0.05, 0.1) is 30.4 Å². The number of rotatable bonds is 7. The van der Waals surface area contributed by atoms with Crippen molar-refractivity contribution < 1.29 is 18.8 Å². The summed E-state index contributed by atoms with van der Waals surface area (Å²) in [6.45, 7) is 4.62. The summed E-state index contributed by atoms with van der Waals surface area (Å²) in [5.41, 5.74) is 9.43. The highest BCUT2D eigenvalue weighted by atomic mass is 16.3. The second-order valence-corrected chi connectivity index (χ2v) is 9.85. The van der Waals surface area contributed by atoms with Gasteiger partial charge in [0.15, 0.2) is 11.3 Å². The van der Waals surface area contributed by atoms with Gasteiger partial charge in [0.25, 0.3) is 5.91 Å². The zero-order chi connectivity index (χ0) is 28.4. The number of nitrogens with two attached hydrogens (primary N) is 1. The van der Waals surface area contributed by atoms with Gasteiger partial charge in [-0.25, -0.2) is 14.6 Å². The Morgan fingerprint density at radius 3 is 2.80 bits per heavy atom. The highest BCUT2D eigenvalue weighted by molar-refractivity contribution is 6.14. The van der Waals surface area contributed by atoms with Crippen LogP contribution in [-0.4, -0.2) is 74.5 Å². The molecule has 0 spiro atoms. The molecule has 12 heteroatoms. The number of likely N-dealkylation sites (N-methyl/N-ethyl adjacent to an activating group) is 1. The molecule has 1 fully saturated rings. The quantitative estimate of drug-likeness (QED) is 0.338. The number of likely N-dealkylation sites (tertiary alicyclic amines) is 1. The largest absolute Gasteiger partial charge is 0.472 e. The fraction of sp³-hybridized carbons (Fsp3) is 0.286. The molecule has 1 aromatic carbocycles. The number of hydrogen-bond donors (Lipinski definition) is 2. The Morgan fingerprint density at radius 1 is 1.25 bits per heavy atom. The van der Waals surface area contributed by atoms with Crippen molar-refractivity contribution in [1.29, 1.82) is 0 Å². The molecule has 0 bridgehead atoms. The first kappa shape index (κ1) is 26.6. The van der Waals surface area contributed by atoms with Gasteiger partial charge in [-0.1, -0.05) is 12.6 Å². The van der Waals surface area contributed by atoms with Crippen LogP contribution in [0.15, 0.2) is 60.2 Å². The van der Waals surface area contributed by atoms with Crippen LogP contribution in [0.4, 0.5) is 11.5 Å². The maximum atomic E-state index is 13.7. The first-order valence-electron chi connectivity index (χ1n) is 12.8. The van der Waals surface area contributed by atoms with Gasteiger partial charge in [-0.3, -0.25) is 14.4 Å². The molecule has 5 rings (SSSR count). The van der Waals surface area contributed by atoms with Crippen LogP contribution >= 0.6 is 0 Å². The Hall–Kier alpha value is -5.00. The Kier molecular flexibility index (Phi) is 7.32. The fourth-order valence-electron chi connectivity index (χ4n) is 4.87. The lowest BCUT2D eigenvalue weighted by atomic mass is 10.0. The highest BCUT2D eigenvalue weighted by Gasteiger charge is 2.29. The van der Waals surface area contributed by atoms with E-state index in [2.05, 4.69) is 27.0 Å². The summed E-state index contributed by atoms with van der Waals surface area (Å²) in [6, 6.07) is 6.96. The van der Waals surface area contributed by atoms with Gasteiger partial charge in [0, 0.05) is 44.0 Å². The molecule has 3 N–H and O–H groups in total. The van der Waals surface area contributed by atoms with E-state index in [1.807, 2.05) is 6.07 Å². The molecule has 1 unspecified atom stereocenters. The second-order valence-electron chi connectivity index (χ2n) is 9.85. The summed E-state index contributed by atoms with van der Waals surface area (Å²) < 4.78 is 6.94. The summed E-state index contributed by atoms with van der Waals surface area (Å²) in [5.74, 6) is -0.569. The van der Waals surface area contributed by atoms with Crippen molar-refractivity contribution in [2.45, 2.75) is 25.3 Å². The zero-order valence-corrected chi connectivity index (χ0v) is 22.3. The van der Waals surface area contributed by atoms with Crippen molar-refractivity contribution in [1.82, 2.24) is 29.5 Å². The predicted molar refractivity (Wildman–Crippen MR) is 149 cm³/mol. The zero-order valence-electron chi connectivity index (χ0n) is 22.3. The maximum Gasteiger partial charge on any atom is 0.277 e. The molecule has 0 saturated carbocycles. The normalized spacial score (nSPS) is 15.2. The number of nitrogens with zero attached hydrogens (tertiary/aromatic N) is 6. The van der Waals surface area contributed by atoms with Crippen LogP contribution in [0.2, 0.25) is 0 Å². The fourth-order valence-corrected chi connectivity index (χ4v) is 4.87. The minimum Gasteiger partial charge on any atom is -0.472 e. The van der Waals surface area contributed by atoms with E-state index in [9.17, 15) is 14.4 Å². The molecule has 4 aromatic rings. The predicted octanol–water partition coefficient (Wildman–Crippen LogP) is 2.90. The van der Waals surface area contributed by atoms with Crippen LogP contribution in [0, 0.1) is 0 Å². The third kappa shape index (κ3) is 5.15. The number of nitrogen functional groups attached to an aromatic ring is 1. The van der Waals surface area contributed by atoms with Crippen LogP contribution in [0.3, 0.4) is 0 Å². The number of hydrogen-bond acceptors (Lipinski definition) is 8. The molecule has 1 aliphatic rings. The molecular weight excluding hydrogens is 512 g/mol. The van der Waals surface area contributed by atoms with Crippen molar-refractivity contribution in [2.75, 3.05) is 38.2 Å². The Bertz CT molecular complexity index is 1590. The average molecular weight is 543 g/mol. The summed E-state index contributed by atoms with van der Waals surface area (Å²) in [4.78, 5) is 50.0.